The number of aliphatic hydroxyl groups is 3. The van der Waals surface area contributed by atoms with E-state index in [2.05, 4.69) is 5.50 Å². The summed E-state index contributed by atoms with van der Waals surface area (Å²) in [6, 6.07) is 0. The normalized spacial score (nSPS) is 13.7. The molecule has 118 valence electrons. The fraction of sp³-hybridized carbons (Fsp3) is 1.00. The van der Waals surface area contributed by atoms with Gasteiger partial charge < -0.3 is 25.1 Å². The molecular weight excluding hydrogens is 277 g/mol. The van der Waals surface area contributed by atoms with Gasteiger partial charge in [0.05, 0.1) is 25.2 Å². The Morgan fingerprint density at radius 2 is 1.37 bits per heavy atom. The van der Waals surface area contributed by atoms with Gasteiger partial charge in [0.15, 0.2) is 0 Å². The van der Waals surface area contributed by atoms with Crippen LogP contribution < -0.4 is 5.50 Å². The first-order valence-corrected chi connectivity index (χ1v) is 6.74. The molecule has 9 nitrogen and oxygen atoms in total. The minimum Gasteiger partial charge on any atom is -0.395 e. The van der Waals surface area contributed by atoms with E-state index in [0.29, 0.717) is 0 Å². The lowest BCUT2D eigenvalue weighted by Crippen LogP contribution is -2.54. The van der Waals surface area contributed by atoms with Gasteiger partial charge in [-0.2, -0.15) is 5.06 Å². The second-order valence-electron chi connectivity index (χ2n) is 4.39. The molecule has 10 heteroatoms. The van der Waals surface area contributed by atoms with E-state index in [9.17, 15) is 15.3 Å². The van der Waals surface area contributed by atoms with Crippen molar-refractivity contribution < 1.29 is 29.9 Å². The van der Waals surface area contributed by atoms with Gasteiger partial charge in [-0.15, -0.1) is 0 Å². The van der Waals surface area contributed by atoms with E-state index >= 15 is 0 Å². The first-order chi connectivity index (χ1) is 8.66. The molecular formula is C9H26N3O6P. The van der Waals surface area contributed by atoms with E-state index < -0.39 is 20.2 Å². The number of hydrogen-bond acceptors (Lipinski definition) is 9. The van der Waals surface area contributed by atoms with E-state index in [1.54, 1.807) is 33.1 Å². The Balaban J connectivity index is 0. The molecule has 0 fully saturated rings. The van der Waals surface area contributed by atoms with Gasteiger partial charge in [0.1, 0.15) is 6.23 Å². The lowest BCUT2D eigenvalue weighted by molar-refractivity contribution is -0.265. The maximum Gasteiger partial charge on any atom is 0.247 e. The van der Waals surface area contributed by atoms with Gasteiger partial charge in [0.2, 0.25) is 8.53 Å². The van der Waals surface area contributed by atoms with Crippen molar-refractivity contribution >= 4 is 8.53 Å². The highest BCUT2D eigenvalue weighted by molar-refractivity contribution is 7.42. The molecule has 0 aromatic carbocycles. The molecule has 0 amide bonds. The summed E-state index contributed by atoms with van der Waals surface area (Å²) in [5, 5.41) is 29.3. The first-order valence-electron chi connectivity index (χ1n) is 5.42. The summed E-state index contributed by atoms with van der Waals surface area (Å²) in [6.07, 6.45) is -0.590. The van der Waals surface area contributed by atoms with Crippen molar-refractivity contribution in [2.75, 3.05) is 48.0 Å². The zero-order valence-corrected chi connectivity index (χ0v) is 12.7. The summed E-state index contributed by atoms with van der Waals surface area (Å²) in [5.41, 5.74) is 3.21. The number of nitrogens with two attached hydrogens (primary N) is 1. The van der Waals surface area contributed by atoms with Crippen LogP contribution >= 0.6 is 8.53 Å². The van der Waals surface area contributed by atoms with Gasteiger partial charge in [0, 0.05) is 14.1 Å². The van der Waals surface area contributed by atoms with Crippen LogP contribution in [0.3, 0.4) is 0 Å². The fourth-order valence-corrected chi connectivity index (χ4v) is 1.34. The number of rotatable bonds is 7. The molecule has 0 saturated carbocycles. The molecule has 0 rings (SSSR count). The number of hydroxylamine groups is 2. The van der Waals surface area contributed by atoms with Gasteiger partial charge in [-0.3, -0.25) is 15.2 Å². The number of nitrogens with zero attached hydrogens (tertiary/aromatic N) is 2. The van der Waals surface area contributed by atoms with Gasteiger partial charge in [-0.1, -0.05) is 0 Å². The molecule has 1 atom stereocenters. The maximum atomic E-state index is 9.26. The van der Waals surface area contributed by atoms with Crippen molar-refractivity contribution in [1.82, 2.24) is 9.96 Å². The molecule has 7 N–H and O–H groups in total. The third-order valence-corrected chi connectivity index (χ3v) is 2.25. The molecule has 0 aromatic heterocycles. The Morgan fingerprint density at radius 3 is 1.53 bits per heavy atom. The van der Waals surface area contributed by atoms with E-state index in [-0.39, 0.29) is 19.8 Å². The maximum absolute atomic E-state index is 9.26. The Morgan fingerprint density at radius 1 is 1.05 bits per heavy atom. The molecule has 0 spiro atoms. The van der Waals surface area contributed by atoms with E-state index in [0.717, 1.165) is 0 Å². The van der Waals surface area contributed by atoms with E-state index in [1.807, 2.05) is 0 Å². The molecule has 0 bridgehead atoms. The quantitative estimate of drug-likeness (QED) is 0.171. The van der Waals surface area contributed by atoms with Gasteiger partial charge in [-0.05, 0) is 14.1 Å². The topological polar surface area (TPSA) is 143 Å². The summed E-state index contributed by atoms with van der Waals surface area (Å²) in [7, 11) is 4.79. The van der Waals surface area contributed by atoms with E-state index in [1.165, 1.54) is 5.06 Å². The van der Waals surface area contributed by atoms with Crippen LogP contribution in [-0.4, -0.2) is 89.3 Å². The molecule has 0 aliphatic carbocycles. The van der Waals surface area contributed by atoms with Crippen molar-refractivity contribution in [1.29, 1.82) is 0 Å². The summed E-state index contributed by atoms with van der Waals surface area (Å²) in [4.78, 5) is 22.0. The lowest BCUT2D eigenvalue weighted by atomic mass is 9.88. The molecule has 0 radical (unpaired) electrons. The monoisotopic (exact) mass is 303 g/mol. The average Bonchev–Trinajstić information content (AvgIpc) is 2.29. The third-order valence-electron chi connectivity index (χ3n) is 2.25. The van der Waals surface area contributed by atoms with Crippen molar-refractivity contribution in [3.05, 3.63) is 0 Å². The van der Waals surface area contributed by atoms with Crippen LogP contribution in [0, 0.1) is 5.41 Å². The predicted molar refractivity (Wildman–Crippen MR) is 71.5 cm³/mol. The van der Waals surface area contributed by atoms with Crippen LogP contribution in [0.1, 0.15) is 0 Å². The third kappa shape index (κ3) is 8.77. The second kappa shape index (κ2) is 10.8. The number of hydrogen-bond donors (Lipinski definition) is 6. The van der Waals surface area contributed by atoms with Crippen molar-refractivity contribution in [3.63, 3.8) is 0 Å². The lowest BCUT2D eigenvalue weighted by Gasteiger charge is -2.40. The predicted octanol–water partition coefficient (Wildman–Crippen LogP) is -2.51. The largest absolute Gasteiger partial charge is 0.395 e. The minimum absolute atomic E-state index is 0.351. The van der Waals surface area contributed by atoms with Crippen molar-refractivity contribution in [2.24, 2.45) is 10.9 Å². The molecule has 0 aromatic rings. The van der Waals surface area contributed by atoms with Crippen molar-refractivity contribution in [2.45, 2.75) is 6.23 Å². The van der Waals surface area contributed by atoms with Crippen LogP contribution in [-0.2, 0) is 4.84 Å². The highest BCUT2D eigenvalue weighted by Crippen LogP contribution is 2.25. The molecule has 1 unspecified atom stereocenters. The zero-order valence-electron chi connectivity index (χ0n) is 11.8. The Labute approximate surface area is 114 Å². The van der Waals surface area contributed by atoms with Crippen molar-refractivity contribution in [3.8, 4) is 0 Å². The highest BCUT2D eigenvalue weighted by Gasteiger charge is 2.41. The Hall–Kier alpha value is 0.0700. The van der Waals surface area contributed by atoms with Crippen LogP contribution in [0.2, 0.25) is 0 Å². The van der Waals surface area contributed by atoms with Gasteiger partial charge >= 0.3 is 0 Å². The summed E-state index contributed by atoms with van der Waals surface area (Å²) in [6.45, 7) is -1.05. The van der Waals surface area contributed by atoms with Crippen LogP contribution in [0.25, 0.3) is 0 Å². The van der Waals surface area contributed by atoms with E-state index in [4.69, 9.17) is 14.6 Å². The van der Waals surface area contributed by atoms with Crippen LogP contribution in [0.5, 0.6) is 0 Å². The molecule has 0 aliphatic heterocycles. The summed E-state index contributed by atoms with van der Waals surface area (Å²) >= 11 is 0. The molecule has 19 heavy (non-hydrogen) atoms. The fourth-order valence-electron chi connectivity index (χ4n) is 1.34. The standard InChI is InChI=1S/C9H22N2O4.H4NO2P/c1-10(2)8(15-11(3)4)9(5-12,6-13)7-14;1-4(2)3/h8,12-14H,5-7H2,1-4H3;2-3H,1H2. The van der Waals surface area contributed by atoms with Gasteiger partial charge in [0.25, 0.3) is 0 Å². The molecule has 0 aliphatic rings. The highest BCUT2D eigenvalue weighted by atomic mass is 31.2. The summed E-state index contributed by atoms with van der Waals surface area (Å²) in [5.74, 6) is 0. The van der Waals surface area contributed by atoms with Gasteiger partial charge in [-0.25, -0.2) is 0 Å². The average molecular weight is 303 g/mol. The molecule has 0 heterocycles. The summed E-state index contributed by atoms with van der Waals surface area (Å²) < 4.78 is 0. The SMILES string of the molecule is CN(C)OC(N(C)C)C(CO)(CO)CO.NP(O)O. The minimum atomic E-state index is -2.12. The first kappa shape index (κ1) is 21.4. The zero-order chi connectivity index (χ0) is 15.6. The molecule has 0 saturated heterocycles. The van der Waals surface area contributed by atoms with Crippen LogP contribution in [0.4, 0.5) is 0 Å². The smallest absolute Gasteiger partial charge is 0.247 e. The Bertz CT molecular complexity index is 205. The van der Waals surface area contributed by atoms with Crippen LogP contribution in [0.15, 0.2) is 0 Å². The number of aliphatic hydroxyl groups excluding tert-OH is 3. The second-order valence-corrected chi connectivity index (χ2v) is 5.03. The Kier molecular flexibility index (Phi) is 12.2.